The van der Waals surface area contributed by atoms with Crippen LogP contribution < -0.4 is 21.5 Å². The lowest BCUT2D eigenvalue weighted by molar-refractivity contribution is -0.694. The summed E-state index contributed by atoms with van der Waals surface area (Å²) < 4.78 is 18.1. The summed E-state index contributed by atoms with van der Waals surface area (Å²) in [4.78, 5) is 0. The number of hydrogen-bond acceptors (Lipinski definition) is 0. The largest absolute Gasteiger partial charge is 1.00 e. The molecule has 0 saturated heterocycles. The molecule has 0 fully saturated rings. The van der Waals surface area contributed by atoms with Crippen LogP contribution in [-0.4, -0.2) is 4.57 Å². The number of imidazole rings is 1. The van der Waals surface area contributed by atoms with Crippen molar-refractivity contribution in [2.24, 2.45) is 0 Å². The Labute approximate surface area is 141 Å². The van der Waals surface area contributed by atoms with Crippen molar-refractivity contribution >= 4 is 11.6 Å². The van der Waals surface area contributed by atoms with E-state index in [9.17, 15) is 4.39 Å². The molecular formula is C16H21BrClFN2. The molecule has 1 aromatic heterocycles. The normalized spacial score (nSPS) is 10.5. The van der Waals surface area contributed by atoms with Crippen molar-refractivity contribution in [3.8, 4) is 0 Å². The number of aromatic nitrogens is 2. The van der Waals surface area contributed by atoms with Crippen molar-refractivity contribution in [2.75, 3.05) is 0 Å². The Kier molecular flexibility index (Phi) is 7.40. The number of rotatable bonds is 6. The first-order valence-electron chi connectivity index (χ1n) is 7.11. The second-order valence-corrected chi connectivity index (χ2v) is 5.48. The molecule has 21 heavy (non-hydrogen) atoms. The summed E-state index contributed by atoms with van der Waals surface area (Å²) in [6.45, 7) is 5.74. The Morgan fingerprint density at radius 2 is 2.05 bits per heavy atom. The number of hydrogen-bond donors (Lipinski definition) is 0. The van der Waals surface area contributed by atoms with E-state index in [4.69, 9.17) is 11.6 Å². The predicted molar refractivity (Wildman–Crippen MR) is 79.4 cm³/mol. The van der Waals surface area contributed by atoms with E-state index in [1.54, 1.807) is 12.1 Å². The topological polar surface area (TPSA) is 8.81 Å². The van der Waals surface area contributed by atoms with Crippen LogP contribution in [0.1, 0.15) is 37.6 Å². The minimum absolute atomic E-state index is 0. The monoisotopic (exact) mass is 374 g/mol. The molecule has 5 heteroatoms. The lowest BCUT2D eigenvalue weighted by Crippen LogP contribution is -3.00. The molecule has 0 atom stereocenters. The molecule has 2 rings (SSSR count). The van der Waals surface area contributed by atoms with E-state index in [2.05, 4.69) is 24.6 Å². The zero-order valence-electron chi connectivity index (χ0n) is 12.5. The van der Waals surface area contributed by atoms with Crippen LogP contribution in [0.4, 0.5) is 4.39 Å². The van der Waals surface area contributed by atoms with Crippen molar-refractivity contribution in [1.82, 2.24) is 4.57 Å². The lowest BCUT2D eigenvalue weighted by Gasteiger charge is -2.05. The van der Waals surface area contributed by atoms with Crippen LogP contribution in [0, 0.1) is 12.7 Å². The smallest absolute Gasteiger partial charge is 0.253 e. The third-order valence-corrected chi connectivity index (χ3v) is 4.00. The molecular weight excluding hydrogens is 355 g/mol. The average molecular weight is 376 g/mol. The van der Waals surface area contributed by atoms with Gasteiger partial charge in [0.2, 0.25) is 0 Å². The zero-order valence-corrected chi connectivity index (χ0v) is 14.8. The summed E-state index contributed by atoms with van der Waals surface area (Å²) in [5, 5.41) is 0.482. The van der Waals surface area contributed by atoms with Crippen LogP contribution in [0.5, 0.6) is 0 Å². The van der Waals surface area contributed by atoms with Gasteiger partial charge in [-0.25, -0.2) is 13.5 Å². The summed E-state index contributed by atoms with van der Waals surface area (Å²) >= 11 is 6.08. The van der Waals surface area contributed by atoms with Crippen molar-refractivity contribution in [2.45, 2.75) is 46.2 Å². The van der Waals surface area contributed by atoms with E-state index in [0.717, 1.165) is 12.4 Å². The summed E-state index contributed by atoms with van der Waals surface area (Å²) in [7, 11) is 0. The van der Waals surface area contributed by atoms with Crippen molar-refractivity contribution < 1.29 is 25.9 Å². The molecule has 2 nitrogen and oxygen atoms in total. The number of unbranched alkanes of at least 4 members (excludes halogenated alkanes) is 2. The highest BCUT2D eigenvalue weighted by molar-refractivity contribution is 6.31. The minimum Gasteiger partial charge on any atom is -1.00 e. The number of halogens is 3. The fourth-order valence-electron chi connectivity index (χ4n) is 2.33. The maximum atomic E-state index is 13.8. The van der Waals surface area contributed by atoms with E-state index in [1.807, 2.05) is 10.8 Å². The highest BCUT2D eigenvalue weighted by atomic mass is 79.9. The molecule has 2 aromatic rings. The van der Waals surface area contributed by atoms with E-state index >= 15 is 0 Å². The van der Waals surface area contributed by atoms with Gasteiger partial charge in [-0.1, -0.05) is 31.0 Å². The molecule has 0 unspecified atom stereocenters. The Balaban J connectivity index is 0.00000220. The maximum Gasteiger partial charge on any atom is 0.253 e. The highest BCUT2D eigenvalue weighted by Gasteiger charge is 2.15. The standard InChI is InChI=1S/C16H21ClFN2.BrH/c1-3-4-5-9-19-10-11-20(13(19)2)12-14-15(17)7-6-8-16(14)18;/h6-8,10-11H,3-5,9,12H2,1-2H3;1H/q+1;/p-1. The SMILES string of the molecule is CCCCCn1cc[n+](Cc2c(F)cccc2Cl)c1C.[Br-]. The predicted octanol–water partition coefficient (Wildman–Crippen LogP) is 1.12. The van der Waals surface area contributed by atoms with Crippen molar-refractivity contribution in [1.29, 1.82) is 0 Å². The maximum absolute atomic E-state index is 13.8. The Morgan fingerprint density at radius 1 is 1.29 bits per heavy atom. The first-order valence-corrected chi connectivity index (χ1v) is 7.49. The van der Waals surface area contributed by atoms with Gasteiger partial charge in [-0.2, -0.15) is 0 Å². The first kappa shape index (κ1) is 18.2. The molecule has 1 aromatic carbocycles. The Morgan fingerprint density at radius 3 is 2.71 bits per heavy atom. The minimum atomic E-state index is -0.247. The molecule has 0 aliphatic rings. The van der Waals surface area contributed by atoms with Gasteiger partial charge in [0.05, 0.1) is 11.6 Å². The van der Waals surface area contributed by atoms with Gasteiger partial charge in [-0.05, 0) is 25.0 Å². The molecule has 0 aliphatic heterocycles. The van der Waals surface area contributed by atoms with Gasteiger partial charge >= 0.3 is 0 Å². The summed E-state index contributed by atoms with van der Waals surface area (Å²) in [5.74, 6) is 0.878. The molecule has 0 amide bonds. The second kappa shape index (κ2) is 8.54. The van der Waals surface area contributed by atoms with Gasteiger partial charge in [0.25, 0.3) is 5.82 Å². The Hall–Kier alpha value is -0.870. The molecule has 0 aliphatic carbocycles. The van der Waals surface area contributed by atoms with Gasteiger partial charge in [-0.3, -0.25) is 0 Å². The van der Waals surface area contributed by atoms with Crippen LogP contribution in [0.25, 0.3) is 0 Å². The van der Waals surface area contributed by atoms with Gasteiger partial charge in [0, 0.05) is 12.5 Å². The molecule has 0 N–H and O–H groups in total. The van der Waals surface area contributed by atoms with Gasteiger partial charge in [0.1, 0.15) is 24.8 Å². The first-order chi connectivity index (χ1) is 9.63. The van der Waals surface area contributed by atoms with E-state index < -0.39 is 0 Å². The van der Waals surface area contributed by atoms with Gasteiger partial charge in [-0.15, -0.1) is 0 Å². The average Bonchev–Trinajstić information content (AvgIpc) is 2.76. The summed E-state index contributed by atoms with van der Waals surface area (Å²) in [6.07, 6.45) is 7.66. The zero-order chi connectivity index (χ0) is 14.5. The van der Waals surface area contributed by atoms with Crippen molar-refractivity contribution in [3.05, 3.63) is 52.8 Å². The molecule has 0 saturated carbocycles. The van der Waals surface area contributed by atoms with Gasteiger partial charge < -0.3 is 17.0 Å². The third-order valence-electron chi connectivity index (χ3n) is 3.65. The molecule has 116 valence electrons. The Bertz CT molecular complexity index is 563. The van der Waals surface area contributed by atoms with E-state index in [0.29, 0.717) is 17.1 Å². The molecule has 1 heterocycles. The van der Waals surface area contributed by atoms with Gasteiger partial charge in [0.15, 0.2) is 0 Å². The third kappa shape index (κ3) is 4.55. The second-order valence-electron chi connectivity index (χ2n) is 5.07. The molecule has 0 radical (unpaired) electrons. The van der Waals surface area contributed by atoms with Crippen LogP contribution in [-0.2, 0) is 13.1 Å². The van der Waals surface area contributed by atoms with Crippen LogP contribution in [0.2, 0.25) is 5.02 Å². The van der Waals surface area contributed by atoms with E-state index in [-0.39, 0.29) is 22.8 Å². The molecule has 0 spiro atoms. The highest BCUT2D eigenvalue weighted by Crippen LogP contribution is 2.18. The quantitative estimate of drug-likeness (QED) is 0.528. The van der Waals surface area contributed by atoms with Crippen LogP contribution >= 0.6 is 11.6 Å². The summed E-state index contributed by atoms with van der Waals surface area (Å²) in [5.41, 5.74) is 0.550. The summed E-state index contributed by atoms with van der Waals surface area (Å²) in [6, 6.07) is 4.82. The van der Waals surface area contributed by atoms with Crippen LogP contribution in [0.3, 0.4) is 0 Å². The van der Waals surface area contributed by atoms with E-state index in [1.165, 1.54) is 25.3 Å². The lowest BCUT2D eigenvalue weighted by atomic mass is 10.2. The molecule has 0 bridgehead atoms. The number of aryl methyl sites for hydroxylation is 1. The fraction of sp³-hybridized carbons (Fsp3) is 0.438. The fourth-order valence-corrected chi connectivity index (χ4v) is 2.55. The number of nitrogens with zero attached hydrogens (tertiary/aromatic N) is 2. The van der Waals surface area contributed by atoms with Crippen molar-refractivity contribution in [3.63, 3.8) is 0 Å². The number of benzene rings is 1. The van der Waals surface area contributed by atoms with Crippen LogP contribution in [0.15, 0.2) is 30.6 Å².